The smallest absolute Gasteiger partial charge is 0.0496 e. The number of nitrogens with zero attached hydrogens (tertiary/aromatic N) is 1. The molecule has 3 aromatic rings. The van der Waals surface area contributed by atoms with Crippen LogP contribution in [0.2, 0.25) is 0 Å². The van der Waals surface area contributed by atoms with Crippen LogP contribution >= 0.6 is 0 Å². The number of aryl methyl sites for hydroxylation is 1. The van der Waals surface area contributed by atoms with E-state index in [-0.39, 0.29) is 10.8 Å². The maximum Gasteiger partial charge on any atom is 0.0496 e. The lowest BCUT2D eigenvalue weighted by molar-refractivity contribution is 0.243. The molecule has 0 saturated heterocycles. The molecule has 3 aromatic carbocycles. The van der Waals surface area contributed by atoms with Gasteiger partial charge in [-0.1, -0.05) is 75.7 Å². The highest BCUT2D eigenvalue weighted by Crippen LogP contribution is 2.61. The van der Waals surface area contributed by atoms with Crippen molar-refractivity contribution < 1.29 is 0 Å². The fraction of sp³-hybridized carbons (Fsp3) is 0.308. The lowest BCUT2D eigenvalue weighted by Crippen LogP contribution is -2.51. The zero-order chi connectivity index (χ0) is 19.0. The lowest BCUT2D eigenvalue weighted by Gasteiger charge is -2.56. The van der Waals surface area contributed by atoms with Crippen LogP contribution in [0.25, 0.3) is 11.1 Å². The molecule has 1 heteroatoms. The molecule has 0 aromatic heterocycles. The molecule has 0 fully saturated rings. The Morgan fingerprint density at radius 3 is 2.22 bits per heavy atom. The molecule has 136 valence electrons. The average molecular weight is 354 g/mol. The summed E-state index contributed by atoms with van der Waals surface area (Å²) < 4.78 is 0. The normalized spacial score (nSPS) is 18.2. The molecule has 0 radical (unpaired) electrons. The van der Waals surface area contributed by atoms with Crippen molar-refractivity contribution in [2.75, 3.05) is 4.90 Å². The summed E-state index contributed by atoms with van der Waals surface area (Å²) in [4.78, 5) is 2.48. The summed E-state index contributed by atoms with van der Waals surface area (Å²) in [5.74, 6) is 0. The predicted octanol–water partition coefficient (Wildman–Crippen LogP) is 6.88. The molecule has 1 heterocycles. The SMILES string of the molecule is Cc1ccc(N2Cc3ccccc3-c3c2ccc2c3C(C)(C)C2(C)C)cc1. The minimum atomic E-state index is 0.164. The van der Waals surface area contributed by atoms with Gasteiger partial charge in [0.05, 0.1) is 0 Å². The van der Waals surface area contributed by atoms with Crippen LogP contribution in [0.4, 0.5) is 11.4 Å². The standard InChI is InChI=1S/C26H27N/c1-17-10-12-19(13-11-17)27-16-18-8-6-7-9-20(18)23-22(27)15-14-21-24(23)26(4,5)25(21,2)3/h6-15H,16H2,1-5H3. The Bertz CT molecular complexity index is 1050. The number of hydrogen-bond donors (Lipinski definition) is 0. The minimum absolute atomic E-state index is 0.164. The summed E-state index contributed by atoms with van der Waals surface area (Å²) in [5, 5.41) is 0. The van der Waals surface area contributed by atoms with Gasteiger partial charge in [0.2, 0.25) is 0 Å². The van der Waals surface area contributed by atoms with Gasteiger partial charge in [-0.2, -0.15) is 0 Å². The first-order chi connectivity index (χ1) is 12.8. The third kappa shape index (κ3) is 2.06. The molecule has 1 aliphatic carbocycles. The molecule has 0 spiro atoms. The molecule has 0 atom stereocenters. The second-order valence-electron chi connectivity index (χ2n) is 9.21. The molecule has 1 nitrogen and oxygen atoms in total. The maximum absolute atomic E-state index is 2.48. The fourth-order valence-corrected chi connectivity index (χ4v) is 4.96. The quantitative estimate of drug-likeness (QED) is 0.461. The van der Waals surface area contributed by atoms with Crippen molar-refractivity contribution in [3.63, 3.8) is 0 Å². The van der Waals surface area contributed by atoms with Gasteiger partial charge in [0.25, 0.3) is 0 Å². The van der Waals surface area contributed by atoms with Gasteiger partial charge in [-0.25, -0.2) is 0 Å². The van der Waals surface area contributed by atoms with Crippen molar-refractivity contribution >= 4 is 11.4 Å². The van der Waals surface area contributed by atoms with Crippen LogP contribution in [-0.4, -0.2) is 0 Å². The third-order valence-electron chi connectivity index (χ3n) is 7.30. The molecule has 0 saturated carbocycles. The molecule has 0 N–H and O–H groups in total. The van der Waals surface area contributed by atoms with E-state index in [2.05, 4.69) is 100 Å². The van der Waals surface area contributed by atoms with E-state index in [0.29, 0.717) is 0 Å². The van der Waals surface area contributed by atoms with Crippen LogP contribution < -0.4 is 4.90 Å². The highest BCUT2D eigenvalue weighted by Gasteiger charge is 2.53. The summed E-state index contributed by atoms with van der Waals surface area (Å²) in [6.07, 6.45) is 0. The Balaban J connectivity index is 1.80. The fourth-order valence-electron chi connectivity index (χ4n) is 4.96. The Labute approximate surface area is 162 Å². The summed E-state index contributed by atoms with van der Waals surface area (Å²) in [6.45, 7) is 12.7. The van der Waals surface area contributed by atoms with Crippen LogP contribution in [0, 0.1) is 6.92 Å². The van der Waals surface area contributed by atoms with Gasteiger partial charge in [0, 0.05) is 23.5 Å². The van der Waals surface area contributed by atoms with Gasteiger partial charge in [-0.05, 0) is 58.2 Å². The molecule has 2 aliphatic rings. The van der Waals surface area contributed by atoms with Gasteiger partial charge in [0.15, 0.2) is 0 Å². The highest BCUT2D eigenvalue weighted by atomic mass is 15.1. The summed E-state index contributed by atoms with van der Waals surface area (Å²) in [7, 11) is 0. The van der Waals surface area contributed by atoms with Gasteiger partial charge in [-0.15, -0.1) is 0 Å². The summed E-state index contributed by atoms with van der Waals surface area (Å²) >= 11 is 0. The van der Waals surface area contributed by atoms with Crippen molar-refractivity contribution in [1.82, 2.24) is 0 Å². The Morgan fingerprint density at radius 1 is 0.778 bits per heavy atom. The van der Waals surface area contributed by atoms with E-state index in [9.17, 15) is 0 Å². The van der Waals surface area contributed by atoms with E-state index < -0.39 is 0 Å². The van der Waals surface area contributed by atoms with E-state index in [1.54, 1.807) is 0 Å². The van der Waals surface area contributed by atoms with Gasteiger partial charge in [0.1, 0.15) is 0 Å². The number of anilines is 2. The molecule has 0 amide bonds. The molecule has 5 rings (SSSR count). The Kier molecular flexibility index (Phi) is 3.23. The third-order valence-corrected chi connectivity index (χ3v) is 7.30. The number of hydrogen-bond acceptors (Lipinski definition) is 1. The van der Waals surface area contributed by atoms with Crippen molar-refractivity contribution in [3.8, 4) is 11.1 Å². The van der Waals surface area contributed by atoms with Crippen LogP contribution in [0.15, 0.2) is 60.7 Å². The Hall–Kier alpha value is -2.54. The second kappa shape index (κ2) is 5.25. The van der Waals surface area contributed by atoms with E-state index in [4.69, 9.17) is 0 Å². The number of benzene rings is 3. The van der Waals surface area contributed by atoms with E-state index in [0.717, 1.165) is 6.54 Å². The first-order valence-corrected chi connectivity index (χ1v) is 9.93. The van der Waals surface area contributed by atoms with Gasteiger partial charge < -0.3 is 4.90 Å². The average Bonchev–Trinajstić information content (AvgIpc) is 2.67. The Morgan fingerprint density at radius 2 is 1.48 bits per heavy atom. The van der Waals surface area contributed by atoms with Crippen molar-refractivity contribution in [2.45, 2.75) is 52.0 Å². The second-order valence-corrected chi connectivity index (χ2v) is 9.21. The largest absolute Gasteiger partial charge is 0.336 e. The zero-order valence-electron chi connectivity index (χ0n) is 16.9. The van der Waals surface area contributed by atoms with Crippen molar-refractivity contribution in [2.24, 2.45) is 0 Å². The molecule has 1 aliphatic heterocycles. The summed E-state index contributed by atoms with van der Waals surface area (Å²) in [5.41, 5.74) is 11.6. The topological polar surface area (TPSA) is 3.24 Å². The van der Waals surface area contributed by atoms with Gasteiger partial charge in [-0.3, -0.25) is 0 Å². The van der Waals surface area contributed by atoms with E-state index in [1.807, 2.05) is 0 Å². The predicted molar refractivity (Wildman–Crippen MR) is 115 cm³/mol. The first-order valence-electron chi connectivity index (χ1n) is 9.93. The number of fused-ring (bicyclic) bond motifs is 5. The van der Waals surface area contributed by atoms with Crippen molar-refractivity contribution in [3.05, 3.63) is 82.9 Å². The molecular weight excluding hydrogens is 326 g/mol. The summed E-state index contributed by atoms with van der Waals surface area (Å²) in [6, 6.07) is 22.6. The molecule has 0 bridgehead atoms. The highest BCUT2D eigenvalue weighted by molar-refractivity contribution is 5.92. The zero-order valence-corrected chi connectivity index (χ0v) is 16.9. The van der Waals surface area contributed by atoms with Crippen LogP contribution in [0.1, 0.15) is 49.9 Å². The first kappa shape index (κ1) is 16.6. The number of rotatable bonds is 1. The van der Waals surface area contributed by atoms with Gasteiger partial charge >= 0.3 is 0 Å². The van der Waals surface area contributed by atoms with Crippen molar-refractivity contribution in [1.29, 1.82) is 0 Å². The van der Waals surface area contributed by atoms with E-state index >= 15 is 0 Å². The minimum Gasteiger partial charge on any atom is -0.336 e. The molecule has 27 heavy (non-hydrogen) atoms. The monoisotopic (exact) mass is 353 g/mol. The van der Waals surface area contributed by atoms with Crippen LogP contribution in [-0.2, 0) is 17.4 Å². The molecule has 0 unspecified atom stereocenters. The lowest BCUT2D eigenvalue weighted by atomic mass is 9.48. The maximum atomic E-state index is 2.48. The van der Waals surface area contributed by atoms with Crippen LogP contribution in [0.5, 0.6) is 0 Å². The van der Waals surface area contributed by atoms with E-state index in [1.165, 1.54) is 44.8 Å². The molecular formula is C26H27N. The van der Waals surface area contributed by atoms with Crippen LogP contribution in [0.3, 0.4) is 0 Å².